The van der Waals surface area contributed by atoms with E-state index in [0.717, 1.165) is 18.4 Å². The highest BCUT2D eigenvalue weighted by molar-refractivity contribution is 7.16. The zero-order valence-electron chi connectivity index (χ0n) is 8.20. The van der Waals surface area contributed by atoms with E-state index in [9.17, 15) is 4.79 Å². The van der Waals surface area contributed by atoms with Crippen LogP contribution in [-0.2, 0) is 17.6 Å². The molecule has 5 heteroatoms. The summed E-state index contributed by atoms with van der Waals surface area (Å²) in [6.45, 7) is 0. The maximum absolute atomic E-state index is 11.7. The summed E-state index contributed by atoms with van der Waals surface area (Å²) in [6, 6.07) is 7.42. The molecule has 0 aliphatic heterocycles. The zero-order valence-corrected chi connectivity index (χ0v) is 11.3. The van der Waals surface area contributed by atoms with Crippen molar-refractivity contribution >= 4 is 51.7 Å². The molecule has 0 atom stereocenters. The van der Waals surface area contributed by atoms with Crippen molar-refractivity contribution in [2.75, 3.05) is 0 Å². The molecule has 0 radical (unpaired) electrons. The van der Waals surface area contributed by atoms with E-state index in [1.54, 1.807) is 0 Å². The van der Waals surface area contributed by atoms with Gasteiger partial charge in [-0.2, -0.15) is 0 Å². The molecule has 0 N–H and O–H groups in total. The van der Waals surface area contributed by atoms with Gasteiger partial charge in [0.05, 0.1) is 8.67 Å². The van der Waals surface area contributed by atoms with Gasteiger partial charge in [0.25, 0.3) is 0 Å². The Labute approximate surface area is 112 Å². The highest BCUT2D eigenvalue weighted by Gasteiger charge is 2.08. The second-order valence-electron chi connectivity index (χ2n) is 3.30. The molecule has 0 saturated heterocycles. The Morgan fingerprint density at radius 2 is 1.38 bits per heavy atom. The van der Waals surface area contributed by atoms with Crippen LogP contribution in [0.3, 0.4) is 0 Å². The number of rotatable bonds is 4. The van der Waals surface area contributed by atoms with E-state index < -0.39 is 0 Å². The first-order valence-corrected chi connectivity index (χ1v) is 7.02. The molecule has 0 bridgehead atoms. The molecule has 2 heterocycles. The van der Waals surface area contributed by atoms with Crippen LogP contribution in [0.5, 0.6) is 0 Å². The average Bonchev–Trinajstić information content (AvgIpc) is 2.76. The summed E-state index contributed by atoms with van der Waals surface area (Å²) < 4.78 is 1.45. The van der Waals surface area contributed by atoms with Crippen LogP contribution in [0, 0.1) is 0 Å². The van der Waals surface area contributed by atoms with E-state index in [4.69, 9.17) is 23.2 Å². The molecule has 84 valence electrons. The van der Waals surface area contributed by atoms with Gasteiger partial charge in [0.1, 0.15) is 5.78 Å². The predicted molar refractivity (Wildman–Crippen MR) is 71.1 cm³/mol. The number of hydrogen-bond donors (Lipinski definition) is 0. The van der Waals surface area contributed by atoms with Crippen molar-refractivity contribution in [2.24, 2.45) is 0 Å². The average molecular weight is 291 g/mol. The summed E-state index contributed by atoms with van der Waals surface area (Å²) in [6.07, 6.45) is 0.903. The maximum Gasteiger partial charge on any atom is 0.143 e. The molecule has 2 aromatic heterocycles. The highest BCUT2D eigenvalue weighted by Crippen LogP contribution is 2.24. The summed E-state index contributed by atoms with van der Waals surface area (Å²) in [5, 5.41) is 0. The van der Waals surface area contributed by atoms with E-state index in [2.05, 4.69) is 0 Å². The van der Waals surface area contributed by atoms with Crippen molar-refractivity contribution in [3.63, 3.8) is 0 Å². The van der Waals surface area contributed by atoms with E-state index in [1.807, 2.05) is 24.3 Å². The number of carbonyl (C=O) groups is 1. The van der Waals surface area contributed by atoms with Gasteiger partial charge in [-0.05, 0) is 24.3 Å². The first-order chi connectivity index (χ1) is 7.63. The molecule has 0 fully saturated rings. The lowest BCUT2D eigenvalue weighted by Gasteiger charge is -1.95. The Morgan fingerprint density at radius 3 is 1.69 bits per heavy atom. The minimum atomic E-state index is 0.192. The summed E-state index contributed by atoms with van der Waals surface area (Å²) in [5.74, 6) is 0.192. The minimum absolute atomic E-state index is 0.192. The lowest BCUT2D eigenvalue weighted by atomic mass is 10.2. The van der Waals surface area contributed by atoms with Crippen molar-refractivity contribution in [1.29, 1.82) is 0 Å². The van der Waals surface area contributed by atoms with Gasteiger partial charge in [0.2, 0.25) is 0 Å². The Bertz CT molecular complexity index is 457. The van der Waals surface area contributed by atoms with Crippen LogP contribution >= 0.6 is 45.9 Å². The van der Waals surface area contributed by atoms with Gasteiger partial charge in [-0.15, -0.1) is 22.7 Å². The molecular weight excluding hydrogens is 283 g/mol. The summed E-state index contributed by atoms with van der Waals surface area (Å²) >= 11 is 14.5. The van der Waals surface area contributed by atoms with Crippen LogP contribution in [0.2, 0.25) is 8.67 Å². The number of ketones is 1. The molecule has 0 saturated carbocycles. The molecule has 0 aromatic carbocycles. The molecule has 1 nitrogen and oxygen atoms in total. The predicted octanol–water partition coefficient (Wildman–Crippen LogP) is 4.47. The van der Waals surface area contributed by atoms with Crippen molar-refractivity contribution in [1.82, 2.24) is 0 Å². The summed E-state index contributed by atoms with van der Waals surface area (Å²) in [4.78, 5) is 13.8. The Kier molecular flexibility index (Phi) is 4.03. The van der Waals surface area contributed by atoms with E-state index in [1.165, 1.54) is 22.7 Å². The van der Waals surface area contributed by atoms with Gasteiger partial charge in [-0.1, -0.05) is 23.2 Å². The number of Topliss-reactive ketones (excluding diaryl/α,β-unsaturated/α-hetero) is 1. The van der Waals surface area contributed by atoms with Crippen molar-refractivity contribution in [2.45, 2.75) is 12.8 Å². The number of thiophene rings is 2. The first kappa shape index (κ1) is 12.1. The standard InChI is InChI=1S/C11H8Cl2OS2/c12-10-3-1-8(15-10)5-7(14)6-9-2-4-11(13)16-9/h1-4H,5-6H2. The molecule has 0 aliphatic carbocycles. The second-order valence-corrected chi connectivity index (χ2v) is 6.90. The molecule has 0 aliphatic rings. The maximum atomic E-state index is 11.7. The van der Waals surface area contributed by atoms with Crippen molar-refractivity contribution in [3.05, 3.63) is 42.7 Å². The molecular formula is C11H8Cl2OS2. The molecule has 0 amide bonds. The van der Waals surface area contributed by atoms with Crippen molar-refractivity contribution in [3.8, 4) is 0 Å². The SMILES string of the molecule is O=C(Cc1ccc(Cl)s1)Cc1ccc(Cl)s1. The topological polar surface area (TPSA) is 17.1 Å². The molecule has 0 unspecified atom stereocenters. The normalized spacial score (nSPS) is 10.6. The Balaban J connectivity index is 1.94. The van der Waals surface area contributed by atoms with Crippen LogP contribution in [0.15, 0.2) is 24.3 Å². The Morgan fingerprint density at radius 1 is 0.938 bits per heavy atom. The lowest BCUT2D eigenvalue weighted by Crippen LogP contribution is -2.03. The molecule has 2 aromatic rings. The van der Waals surface area contributed by atoms with Crippen LogP contribution in [0.4, 0.5) is 0 Å². The molecule has 16 heavy (non-hydrogen) atoms. The van der Waals surface area contributed by atoms with Crippen LogP contribution in [0.25, 0.3) is 0 Å². The zero-order chi connectivity index (χ0) is 11.5. The van der Waals surface area contributed by atoms with Gasteiger partial charge < -0.3 is 0 Å². The van der Waals surface area contributed by atoms with Crippen molar-refractivity contribution < 1.29 is 4.79 Å². The summed E-state index contributed by atoms with van der Waals surface area (Å²) in [7, 11) is 0. The number of carbonyl (C=O) groups excluding carboxylic acids is 1. The van der Waals surface area contributed by atoms with Gasteiger partial charge in [0, 0.05) is 22.6 Å². The first-order valence-electron chi connectivity index (χ1n) is 4.63. The minimum Gasteiger partial charge on any atom is -0.299 e. The smallest absolute Gasteiger partial charge is 0.143 e. The van der Waals surface area contributed by atoms with Gasteiger partial charge in [-0.25, -0.2) is 0 Å². The number of hydrogen-bond acceptors (Lipinski definition) is 3. The fraction of sp³-hybridized carbons (Fsp3) is 0.182. The third-order valence-electron chi connectivity index (χ3n) is 2.00. The molecule has 2 rings (SSSR count). The van der Waals surface area contributed by atoms with Gasteiger partial charge >= 0.3 is 0 Å². The van der Waals surface area contributed by atoms with E-state index >= 15 is 0 Å². The fourth-order valence-electron chi connectivity index (χ4n) is 1.34. The summed E-state index contributed by atoms with van der Waals surface area (Å²) in [5.41, 5.74) is 0. The fourth-order valence-corrected chi connectivity index (χ4v) is 3.58. The lowest BCUT2D eigenvalue weighted by molar-refractivity contribution is -0.117. The quantitative estimate of drug-likeness (QED) is 0.812. The van der Waals surface area contributed by atoms with Crippen LogP contribution in [0.1, 0.15) is 9.75 Å². The van der Waals surface area contributed by atoms with Gasteiger partial charge in [0.15, 0.2) is 0 Å². The van der Waals surface area contributed by atoms with E-state index in [0.29, 0.717) is 12.8 Å². The second kappa shape index (κ2) is 5.32. The monoisotopic (exact) mass is 290 g/mol. The van der Waals surface area contributed by atoms with Crippen LogP contribution in [-0.4, -0.2) is 5.78 Å². The largest absolute Gasteiger partial charge is 0.299 e. The number of halogens is 2. The van der Waals surface area contributed by atoms with E-state index in [-0.39, 0.29) is 5.78 Å². The van der Waals surface area contributed by atoms with Gasteiger partial charge in [-0.3, -0.25) is 4.79 Å². The highest BCUT2D eigenvalue weighted by atomic mass is 35.5. The molecule has 0 spiro atoms. The van der Waals surface area contributed by atoms with Crippen LogP contribution < -0.4 is 0 Å². The Hall–Kier alpha value is -0.350. The third-order valence-corrected chi connectivity index (χ3v) is 4.46. The third kappa shape index (κ3) is 3.32.